The van der Waals surface area contributed by atoms with Crippen molar-refractivity contribution in [2.45, 2.75) is 20.0 Å². The van der Waals surface area contributed by atoms with Gasteiger partial charge >= 0.3 is 0 Å². The van der Waals surface area contributed by atoms with Crippen LogP contribution in [0.3, 0.4) is 0 Å². The molecule has 0 aliphatic rings. The highest BCUT2D eigenvalue weighted by Crippen LogP contribution is 2.23. The molecule has 0 amide bonds. The topological polar surface area (TPSA) is 52.3 Å². The van der Waals surface area contributed by atoms with E-state index in [0.29, 0.717) is 16.8 Å². The molecule has 2 N–H and O–H groups in total. The predicted octanol–water partition coefficient (Wildman–Crippen LogP) is 4.05. The van der Waals surface area contributed by atoms with E-state index < -0.39 is 0 Å². The van der Waals surface area contributed by atoms with Gasteiger partial charge in [0.05, 0.1) is 6.10 Å². The van der Waals surface area contributed by atoms with Crippen LogP contribution in [0, 0.1) is 0 Å². The summed E-state index contributed by atoms with van der Waals surface area (Å²) in [4.78, 5) is 12.4. The number of hydrogen-bond donors (Lipinski definition) is 1. The summed E-state index contributed by atoms with van der Waals surface area (Å²) in [7, 11) is 0. The number of rotatable bonds is 4. The van der Waals surface area contributed by atoms with Gasteiger partial charge in [0.1, 0.15) is 5.75 Å². The van der Waals surface area contributed by atoms with E-state index in [1.165, 1.54) is 0 Å². The second-order valence-electron chi connectivity index (χ2n) is 4.76. The number of ketones is 1. The number of benzene rings is 2. The first-order chi connectivity index (χ1) is 9.47. The van der Waals surface area contributed by atoms with Gasteiger partial charge < -0.3 is 10.5 Å². The molecule has 0 fully saturated rings. The van der Waals surface area contributed by atoms with Gasteiger partial charge in [-0.05, 0) is 56.3 Å². The van der Waals surface area contributed by atoms with Crippen LogP contribution in [-0.4, -0.2) is 11.9 Å². The van der Waals surface area contributed by atoms with Crippen LogP contribution in [0.25, 0.3) is 0 Å². The maximum absolute atomic E-state index is 12.4. The molecule has 0 radical (unpaired) electrons. The minimum absolute atomic E-state index is 0.0692. The summed E-state index contributed by atoms with van der Waals surface area (Å²) < 4.78 is 6.29. The van der Waals surface area contributed by atoms with Gasteiger partial charge in [0.25, 0.3) is 0 Å². The Kier molecular flexibility index (Phi) is 4.45. The Morgan fingerprint density at radius 2 is 1.80 bits per heavy atom. The number of halogens is 1. The van der Waals surface area contributed by atoms with E-state index in [-0.39, 0.29) is 11.9 Å². The van der Waals surface area contributed by atoms with Gasteiger partial charge in [0.15, 0.2) is 5.78 Å². The van der Waals surface area contributed by atoms with Crippen LogP contribution < -0.4 is 10.5 Å². The quantitative estimate of drug-likeness (QED) is 0.678. The van der Waals surface area contributed by atoms with Gasteiger partial charge in [-0.3, -0.25) is 4.79 Å². The summed E-state index contributed by atoms with van der Waals surface area (Å²) in [6, 6.07) is 12.3. The van der Waals surface area contributed by atoms with Gasteiger partial charge in [0, 0.05) is 21.3 Å². The second-order valence-corrected chi connectivity index (χ2v) is 5.61. The molecule has 0 atom stereocenters. The molecule has 0 heterocycles. The Bertz CT molecular complexity index is 621. The zero-order valence-electron chi connectivity index (χ0n) is 11.4. The number of nitrogens with two attached hydrogens (primary N) is 1. The van der Waals surface area contributed by atoms with Gasteiger partial charge in [-0.1, -0.05) is 15.9 Å². The summed E-state index contributed by atoms with van der Waals surface area (Å²) in [5.41, 5.74) is 7.46. The third-order valence-electron chi connectivity index (χ3n) is 2.72. The third kappa shape index (κ3) is 3.39. The van der Waals surface area contributed by atoms with E-state index in [9.17, 15) is 4.79 Å². The maximum Gasteiger partial charge on any atom is 0.194 e. The van der Waals surface area contributed by atoms with Crippen molar-refractivity contribution >= 4 is 27.4 Å². The molecule has 0 bridgehead atoms. The maximum atomic E-state index is 12.4. The Hall–Kier alpha value is -1.81. The van der Waals surface area contributed by atoms with Crippen LogP contribution in [0.2, 0.25) is 0 Å². The molecule has 20 heavy (non-hydrogen) atoms. The standard InChI is InChI=1S/C16H16BrNO2/c1-10(2)20-13-6-3-11(4-7-13)16(19)14-9-12(18)5-8-15(14)17/h3-10H,18H2,1-2H3. The molecule has 0 unspecified atom stereocenters. The highest BCUT2D eigenvalue weighted by Gasteiger charge is 2.13. The SMILES string of the molecule is CC(C)Oc1ccc(C(=O)c2cc(N)ccc2Br)cc1. The lowest BCUT2D eigenvalue weighted by atomic mass is 10.0. The average molecular weight is 334 g/mol. The summed E-state index contributed by atoms with van der Waals surface area (Å²) in [6.07, 6.45) is 0.111. The first-order valence-corrected chi connectivity index (χ1v) is 7.13. The lowest BCUT2D eigenvalue weighted by Crippen LogP contribution is -2.06. The fraction of sp³-hybridized carbons (Fsp3) is 0.188. The Morgan fingerprint density at radius 1 is 1.15 bits per heavy atom. The van der Waals surface area contributed by atoms with Crippen LogP contribution in [0.15, 0.2) is 46.9 Å². The predicted molar refractivity (Wildman–Crippen MR) is 84.2 cm³/mol. The van der Waals surface area contributed by atoms with Crippen LogP contribution in [0.4, 0.5) is 5.69 Å². The van der Waals surface area contributed by atoms with Crippen LogP contribution in [0.1, 0.15) is 29.8 Å². The normalized spacial score (nSPS) is 10.6. The zero-order valence-corrected chi connectivity index (χ0v) is 13.0. The van der Waals surface area contributed by atoms with Crippen LogP contribution in [-0.2, 0) is 0 Å². The minimum Gasteiger partial charge on any atom is -0.491 e. The molecule has 4 heteroatoms. The van der Waals surface area contributed by atoms with Gasteiger partial charge in [-0.25, -0.2) is 0 Å². The van der Waals surface area contributed by atoms with E-state index in [2.05, 4.69) is 15.9 Å². The Labute approximate surface area is 126 Å². The molecule has 104 valence electrons. The van der Waals surface area contributed by atoms with E-state index >= 15 is 0 Å². The number of ether oxygens (including phenoxy) is 1. The van der Waals surface area contributed by atoms with E-state index in [1.54, 1.807) is 42.5 Å². The molecular formula is C16H16BrNO2. The largest absolute Gasteiger partial charge is 0.491 e. The molecule has 3 nitrogen and oxygen atoms in total. The van der Waals surface area contributed by atoms with Crippen molar-refractivity contribution in [3.8, 4) is 5.75 Å². The van der Waals surface area contributed by atoms with Gasteiger partial charge in [0.2, 0.25) is 0 Å². The summed E-state index contributed by atoms with van der Waals surface area (Å²) in [6.45, 7) is 3.92. The number of nitrogen functional groups attached to an aromatic ring is 1. The molecule has 2 rings (SSSR count). The summed E-state index contributed by atoms with van der Waals surface area (Å²) in [5.74, 6) is 0.684. The molecule has 0 aliphatic carbocycles. The van der Waals surface area contributed by atoms with Crippen LogP contribution in [0.5, 0.6) is 5.75 Å². The van der Waals surface area contributed by atoms with Crippen molar-refractivity contribution in [3.63, 3.8) is 0 Å². The van der Waals surface area contributed by atoms with Gasteiger partial charge in [-0.15, -0.1) is 0 Å². The lowest BCUT2D eigenvalue weighted by molar-refractivity contribution is 0.103. The first-order valence-electron chi connectivity index (χ1n) is 6.34. The molecule has 2 aromatic rings. The highest BCUT2D eigenvalue weighted by atomic mass is 79.9. The lowest BCUT2D eigenvalue weighted by Gasteiger charge is -2.10. The smallest absolute Gasteiger partial charge is 0.194 e. The molecule has 0 spiro atoms. The molecule has 0 saturated carbocycles. The highest BCUT2D eigenvalue weighted by molar-refractivity contribution is 9.10. The van der Waals surface area contributed by atoms with E-state index in [1.807, 2.05) is 13.8 Å². The number of carbonyl (C=O) groups excluding carboxylic acids is 1. The summed E-state index contributed by atoms with van der Waals surface area (Å²) in [5, 5.41) is 0. The van der Waals surface area contributed by atoms with E-state index in [4.69, 9.17) is 10.5 Å². The number of hydrogen-bond acceptors (Lipinski definition) is 3. The zero-order chi connectivity index (χ0) is 14.7. The molecule has 0 aliphatic heterocycles. The monoisotopic (exact) mass is 333 g/mol. The van der Waals surface area contributed by atoms with E-state index in [0.717, 1.165) is 10.2 Å². The van der Waals surface area contributed by atoms with Crippen molar-refractivity contribution in [2.75, 3.05) is 5.73 Å². The third-order valence-corrected chi connectivity index (χ3v) is 3.41. The van der Waals surface area contributed by atoms with Gasteiger partial charge in [-0.2, -0.15) is 0 Å². The molecule has 2 aromatic carbocycles. The minimum atomic E-state index is -0.0692. The molecule has 0 aromatic heterocycles. The van der Waals surface area contributed by atoms with Crippen molar-refractivity contribution in [2.24, 2.45) is 0 Å². The number of anilines is 1. The van der Waals surface area contributed by atoms with Crippen molar-refractivity contribution in [3.05, 3.63) is 58.1 Å². The fourth-order valence-corrected chi connectivity index (χ4v) is 2.26. The first kappa shape index (κ1) is 14.6. The van der Waals surface area contributed by atoms with Crippen molar-refractivity contribution in [1.82, 2.24) is 0 Å². The second kappa shape index (κ2) is 6.09. The molecule has 0 saturated heterocycles. The fourth-order valence-electron chi connectivity index (χ4n) is 1.83. The average Bonchev–Trinajstić information content (AvgIpc) is 2.41. The van der Waals surface area contributed by atoms with Crippen LogP contribution >= 0.6 is 15.9 Å². The van der Waals surface area contributed by atoms with Crippen molar-refractivity contribution in [1.29, 1.82) is 0 Å². The Balaban J connectivity index is 2.27. The summed E-state index contributed by atoms with van der Waals surface area (Å²) >= 11 is 3.37. The Morgan fingerprint density at radius 3 is 2.40 bits per heavy atom. The number of carbonyl (C=O) groups is 1. The molecular weight excluding hydrogens is 318 g/mol. The van der Waals surface area contributed by atoms with Crippen molar-refractivity contribution < 1.29 is 9.53 Å².